The van der Waals surface area contributed by atoms with Crippen molar-refractivity contribution in [3.8, 4) is 0 Å². The number of ether oxygens (including phenoxy) is 2. The monoisotopic (exact) mass is 260 g/mol. The molecule has 0 spiro atoms. The van der Waals surface area contributed by atoms with Crippen LogP contribution in [0.15, 0.2) is 0 Å². The van der Waals surface area contributed by atoms with Crippen molar-refractivity contribution < 1.29 is 19.4 Å². The minimum atomic E-state index is -0.874. The van der Waals surface area contributed by atoms with Crippen molar-refractivity contribution in [2.24, 2.45) is 0 Å². The lowest BCUT2D eigenvalue weighted by Crippen LogP contribution is -2.52. The van der Waals surface area contributed by atoms with Gasteiger partial charge in [-0.3, -0.25) is 4.79 Å². The molecule has 6 heteroatoms. The van der Waals surface area contributed by atoms with E-state index in [2.05, 4.69) is 10.6 Å². The largest absolute Gasteiger partial charge is 0.386 e. The average Bonchev–Trinajstić information content (AvgIpc) is 2.67. The molecule has 1 aliphatic heterocycles. The van der Waals surface area contributed by atoms with Gasteiger partial charge in [0, 0.05) is 33.2 Å². The third kappa shape index (κ3) is 4.20. The maximum absolute atomic E-state index is 11.7. The second kappa shape index (κ2) is 7.04. The first-order chi connectivity index (χ1) is 8.49. The zero-order chi connectivity index (χ0) is 13.6. The number of nitrogens with one attached hydrogen (secondary N) is 2. The second-order valence-corrected chi connectivity index (χ2v) is 4.75. The first kappa shape index (κ1) is 15.4. The molecule has 18 heavy (non-hydrogen) atoms. The summed E-state index contributed by atoms with van der Waals surface area (Å²) in [6.07, 6.45) is 0.396. The van der Waals surface area contributed by atoms with Gasteiger partial charge in [-0.15, -0.1) is 0 Å². The highest BCUT2D eigenvalue weighted by molar-refractivity contribution is 5.81. The molecular formula is C12H24N2O4. The average molecular weight is 260 g/mol. The van der Waals surface area contributed by atoms with Crippen molar-refractivity contribution in [1.29, 1.82) is 0 Å². The molecule has 0 saturated carbocycles. The molecule has 0 bridgehead atoms. The van der Waals surface area contributed by atoms with E-state index in [0.717, 1.165) is 0 Å². The quantitative estimate of drug-likeness (QED) is 0.526. The third-order valence-corrected chi connectivity index (χ3v) is 3.37. The summed E-state index contributed by atoms with van der Waals surface area (Å²) in [4.78, 5) is 11.7. The van der Waals surface area contributed by atoms with Crippen LogP contribution in [0.4, 0.5) is 0 Å². The molecule has 0 aromatic heterocycles. The molecule has 6 nitrogen and oxygen atoms in total. The number of hydrogen-bond acceptors (Lipinski definition) is 5. The zero-order valence-electron chi connectivity index (χ0n) is 11.4. The van der Waals surface area contributed by atoms with Crippen molar-refractivity contribution in [1.82, 2.24) is 10.6 Å². The molecule has 1 rings (SSSR count). The Morgan fingerprint density at radius 3 is 2.94 bits per heavy atom. The number of methoxy groups -OCH3 is 1. The summed E-state index contributed by atoms with van der Waals surface area (Å²) in [6.45, 7) is 5.52. The van der Waals surface area contributed by atoms with Crippen LogP contribution in [0.25, 0.3) is 0 Å². The van der Waals surface area contributed by atoms with Gasteiger partial charge < -0.3 is 25.2 Å². The Balaban J connectivity index is 2.27. The molecule has 0 aliphatic carbocycles. The lowest BCUT2D eigenvalue weighted by molar-refractivity contribution is -0.123. The van der Waals surface area contributed by atoms with E-state index in [4.69, 9.17) is 9.47 Å². The van der Waals surface area contributed by atoms with Crippen molar-refractivity contribution in [2.75, 3.05) is 33.4 Å². The van der Waals surface area contributed by atoms with Crippen LogP contribution < -0.4 is 10.6 Å². The van der Waals surface area contributed by atoms with Crippen LogP contribution in [0.3, 0.4) is 0 Å². The van der Waals surface area contributed by atoms with E-state index >= 15 is 0 Å². The topological polar surface area (TPSA) is 79.8 Å². The normalized spacial score (nSPS) is 29.2. The van der Waals surface area contributed by atoms with Crippen LogP contribution in [-0.2, 0) is 14.3 Å². The van der Waals surface area contributed by atoms with E-state index < -0.39 is 5.60 Å². The summed E-state index contributed by atoms with van der Waals surface area (Å²) in [6, 6.07) is -0.348. The SMILES string of the molecule is COCCNC(=O)C(C)NCC1(O)CCOC1C. The fourth-order valence-corrected chi connectivity index (χ4v) is 1.85. The molecular weight excluding hydrogens is 236 g/mol. The minimum absolute atomic E-state index is 0.0952. The van der Waals surface area contributed by atoms with E-state index in [1.165, 1.54) is 0 Å². The van der Waals surface area contributed by atoms with Gasteiger partial charge in [0.05, 0.1) is 18.8 Å². The maximum atomic E-state index is 11.7. The van der Waals surface area contributed by atoms with Crippen LogP contribution >= 0.6 is 0 Å². The molecule has 0 aromatic rings. The molecule has 1 amide bonds. The van der Waals surface area contributed by atoms with Crippen LogP contribution in [0.1, 0.15) is 20.3 Å². The lowest BCUT2D eigenvalue weighted by Gasteiger charge is -2.27. The highest BCUT2D eigenvalue weighted by Crippen LogP contribution is 2.24. The predicted octanol–water partition coefficient (Wildman–Crippen LogP) is -0.733. The number of aliphatic hydroxyl groups is 1. The van der Waals surface area contributed by atoms with Crippen LogP contribution in [-0.4, -0.2) is 62.2 Å². The molecule has 1 aliphatic rings. The van der Waals surface area contributed by atoms with E-state index in [1.54, 1.807) is 14.0 Å². The standard InChI is InChI=1S/C12H24N2O4/c1-9(11(15)13-5-7-17-3)14-8-12(16)4-6-18-10(12)2/h9-10,14,16H,4-8H2,1-3H3,(H,13,15). The van der Waals surface area contributed by atoms with Crippen molar-refractivity contribution >= 4 is 5.91 Å². The number of hydrogen-bond donors (Lipinski definition) is 3. The lowest BCUT2D eigenvalue weighted by atomic mass is 9.96. The Morgan fingerprint density at radius 1 is 1.67 bits per heavy atom. The molecule has 0 radical (unpaired) electrons. The molecule has 3 atom stereocenters. The van der Waals surface area contributed by atoms with E-state index in [-0.39, 0.29) is 18.1 Å². The maximum Gasteiger partial charge on any atom is 0.236 e. The number of carbonyl (C=O) groups excluding carboxylic acids is 1. The molecule has 1 heterocycles. The molecule has 106 valence electrons. The summed E-state index contributed by atoms with van der Waals surface area (Å²) in [5, 5.41) is 16.0. The van der Waals surface area contributed by atoms with Gasteiger partial charge in [-0.05, 0) is 13.8 Å². The highest BCUT2D eigenvalue weighted by atomic mass is 16.5. The molecule has 3 unspecified atom stereocenters. The van der Waals surface area contributed by atoms with E-state index in [0.29, 0.717) is 32.7 Å². The molecule has 3 N–H and O–H groups in total. The molecule has 0 aromatic carbocycles. The van der Waals surface area contributed by atoms with Gasteiger partial charge in [-0.1, -0.05) is 0 Å². The van der Waals surface area contributed by atoms with Gasteiger partial charge in [-0.2, -0.15) is 0 Å². The third-order valence-electron chi connectivity index (χ3n) is 3.37. The Kier molecular flexibility index (Phi) is 6.01. The van der Waals surface area contributed by atoms with Crippen molar-refractivity contribution in [3.05, 3.63) is 0 Å². The second-order valence-electron chi connectivity index (χ2n) is 4.75. The first-order valence-corrected chi connectivity index (χ1v) is 6.33. The zero-order valence-corrected chi connectivity index (χ0v) is 11.4. The van der Waals surface area contributed by atoms with Gasteiger partial charge in [-0.25, -0.2) is 0 Å². The fourth-order valence-electron chi connectivity index (χ4n) is 1.85. The summed E-state index contributed by atoms with van der Waals surface area (Å²) < 4.78 is 10.2. The van der Waals surface area contributed by atoms with Crippen molar-refractivity contribution in [2.45, 2.75) is 38.0 Å². The van der Waals surface area contributed by atoms with Crippen LogP contribution in [0.2, 0.25) is 0 Å². The number of rotatable bonds is 7. The Morgan fingerprint density at radius 2 is 2.39 bits per heavy atom. The van der Waals surface area contributed by atoms with Gasteiger partial charge >= 0.3 is 0 Å². The van der Waals surface area contributed by atoms with Crippen LogP contribution in [0, 0.1) is 0 Å². The highest BCUT2D eigenvalue weighted by Gasteiger charge is 2.39. The van der Waals surface area contributed by atoms with Gasteiger partial charge in [0.1, 0.15) is 5.60 Å². The Bertz CT molecular complexity index is 275. The van der Waals surface area contributed by atoms with Crippen molar-refractivity contribution in [3.63, 3.8) is 0 Å². The minimum Gasteiger partial charge on any atom is -0.386 e. The fraction of sp³-hybridized carbons (Fsp3) is 0.917. The first-order valence-electron chi connectivity index (χ1n) is 6.33. The summed E-state index contributed by atoms with van der Waals surface area (Å²) in [5.74, 6) is -0.0952. The molecule has 1 fully saturated rings. The Hall–Kier alpha value is -0.690. The van der Waals surface area contributed by atoms with E-state index in [9.17, 15) is 9.90 Å². The predicted molar refractivity (Wildman–Crippen MR) is 67.3 cm³/mol. The summed E-state index contributed by atoms with van der Waals surface area (Å²) in [5.41, 5.74) is -0.874. The summed E-state index contributed by atoms with van der Waals surface area (Å²) in [7, 11) is 1.59. The van der Waals surface area contributed by atoms with Gasteiger partial charge in [0.2, 0.25) is 5.91 Å². The summed E-state index contributed by atoms with van der Waals surface area (Å²) >= 11 is 0. The molecule has 1 saturated heterocycles. The van der Waals surface area contributed by atoms with Gasteiger partial charge in [0.25, 0.3) is 0 Å². The Labute approximate surface area is 108 Å². The van der Waals surface area contributed by atoms with E-state index in [1.807, 2.05) is 6.92 Å². The van der Waals surface area contributed by atoms with Gasteiger partial charge in [0.15, 0.2) is 0 Å². The smallest absolute Gasteiger partial charge is 0.236 e. The number of carbonyl (C=O) groups is 1. The number of amides is 1. The van der Waals surface area contributed by atoms with Crippen LogP contribution in [0.5, 0.6) is 0 Å².